The van der Waals surface area contributed by atoms with Crippen LogP contribution in [0.2, 0.25) is 0 Å². The van der Waals surface area contributed by atoms with Crippen molar-refractivity contribution in [1.82, 2.24) is 9.78 Å². The normalized spacial score (nSPS) is 10.6. The van der Waals surface area contributed by atoms with Crippen molar-refractivity contribution < 1.29 is 14.5 Å². The molecule has 0 radical (unpaired) electrons. The van der Waals surface area contributed by atoms with Gasteiger partial charge in [0.2, 0.25) is 0 Å². The van der Waals surface area contributed by atoms with Crippen molar-refractivity contribution in [2.24, 2.45) is 7.05 Å². The molecule has 0 unspecified atom stereocenters. The number of halogens is 1. The minimum atomic E-state index is -0.538. The number of nitrogens with zero attached hydrogens (tertiary/aromatic N) is 3. The molecule has 1 amide bonds. The number of hydrogen-bond acceptors (Lipinski definition) is 5. The third kappa shape index (κ3) is 4.37. The number of nitrogens with one attached hydrogen (secondary N) is 1. The molecule has 0 spiro atoms. The van der Waals surface area contributed by atoms with E-state index in [4.69, 9.17) is 4.74 Å². The van der Waals surface area contributed by atoms with Crippen LogP contribution in [0.3, 0.4) is 0 Å². The van der Waals surface area contributed by atoms with Gasteiger partial charge in [0.1, 0.15) is 17.2 Å². The summed E-state index contributed by atoms with van der Waals surface area (Å²) in [5.41, 5.74) is 2.36. The van der Waals surface area contributed by atoms with Crippen molar-refractivity contribution in [3.05, 3.63) is 74.0 Å². The largest absolute Gasteiger partial charge is 0.457 e. The Morgan fingerprint density at radius 1 is 1.14 bits per heavy atom. The van der Waals surface area contributed by atoms with E-state index in [1.54, 1.807) is 7.05 Å². The number of nitro groups is 1. The lowest BCUT2D eigenvalue weighted by Crippen LogP contribution is -2.16. The molecular formula is C19H17BrN4O4. The van der Waals surface area contributed by atoms with Gasteiger partial charge in [0.05, 0.1) is 27.3 Å². The second-order valence-electron chi connectivity index (χ2n) is 6.32. The summed E-state index contributed by atoms with van der Waals surface area (Å²) in [6, 6.07) is 9.78. The van der Waals surface area contributed by atoms with Gasteiger partial charge in [-0.15, -0.1) is 0 Å². The molecule has 0 aliphatic rings. The summed E-state index contributed by atoms with van der Waals surface area (Å²) in [7, 11) is 1.63. The van der Waals surface area contributed by atoms with Crippen LogP contribution in [0.5, 0.6) is 11.5 Å². The average Bonchev–Trinajstić information content (AvgIpc) is 2.92. The highest BCUT2D eigenvalue weighted by Crippen LogP contribution is 2.31. The number of aryl methyl sites for hydroxylation is 3. The monoisotopic (exact) mass is 444 g/mol. The van der Waals surface area contributed by atoms with Gasteiger partial charge in [-0.2, -0.15) is 5.10 Å². The van der Waals surface area contributed by atoms with Crippen LogP contribution in [0.1, 0.15) is 21.6 Å². The average molecular weight is 445 g/mol. The molecule has 1 N–H and O–H groups in total. The Morgan fingerprint density at radius 2 is 1.79 bits per heavy atom. The molecule has 8 nitrogen and oxygen atoms in total. The molecule has 9 heteroatoms. The van der Waals surface area contributed by atoms with Crippen molar-refractivity contribution >= 4 is 33.2 Å². The number of carbonyl (C=O) groups is 1. The Labute approximate surface area is 169 Å². The van der Waals surface area contributed by atoms with E-state index in [1.807, 2.05) is 32.0 Å². The zero-order valence-corrected chi connectivity index (χ0v) is 17.0. The van der Waals surface area contributed by atoms with Crippen LogP contribution in [0, 0.1) is 24.0 Å². The van der Waals surface area contributed by atoms with Gasteiger partial charge in [-0.05, 0) is 53.0 Å². The van der Waals surface area contributed by atoms with Crippen molar-refractivity contribution in [3.8, 4) is 11.5 Å². The standard InChI is InChI=1S/C19H17BrN4O4/c1-11-4-12(2)6-15(5-11)28-16-8-13(7-14(9-16)24(26)27)22-19(25)18-17(20)10-21-23(18)3/h4-10H,1-3H3,(H,22,25). The highest BCUT2D eigenvalue weighted by Gasteiger charge is 2.18. The highest BCUT2D eigenvalue weighted by atomic mass is 79.9. The molecule has 144 valence electrons. The molecule has 3 rings (SSSR count). The van der Waals surface area contributed by atoms with Gasteiger partial charge in [-0.1, -0.05) is 6.07 Å². The van der Waals surface area contributed by atoms with Crippen molar-refractivity contribution in [3.63, 3.8) is 0 Å². The van der Waals surface area contributed by atoms with Crippen molar-refractivity contribution in [1.29, 1.82) is 0 Å². The summed E-state index contributed by atoms with van der Waals surface area (Å²) >= 11 is 3.26. The molecule has 3 aromatic rings. The molecule has 0 saturated heterocycles. The Balaban J connectivity index is 1.93. The first-order chi connectivity index (χ1) is 13.2. The fourth-order valence-corrected chi connectivity index (χ4v) is 3.33. The molecule has 0 atom stereocenters. The number of hydrogen-bond donors (Lipinski definition) is 1. The minimum absolute atomic E-state index is 0.193. The van der Waals surface area contributed by atoms with Gasteiger partial charge in [0, 0.05) is 19.2 Å². The summed E-state index contributed by atoms with van der Waals surface area (Å²) in [6.07, 6.45) is 1.50. The first-order valence-electron chi connectivity index (χ1n) is 8.27. The van der Waals surface area contributed by atoms with Gasteiger partial charge in [-0.25, -0.2) is 0 Å². The molecular weight excluding hydrogens is 428 g/mol. The Morgan fingerprint density at radius 3 is 2.36 bits per heavy atom. The van der Waals surface area contributed by atoms with Crippen LogP contribution < -0.4 is 10.1 Å². The lowest BCUT2D eigenvalue weighted by atomic mass is 10.1. The number of anilines is 1. The molecule has 0 fully saturated rings. The van der Waals surface area contributed by atoms with Crippen molar-refractivity contribution in [2.45, 2.75) is 13.8 Å². The van der Waals surface area contributed by atoms with E-state index in [0.29, 0.717) is 15.9 Å². The summed E-state index contributed by atoms with van der Waals surface area (Å²) in [4.78, 5) is 23.3. The van der Waals surface area contributed by atoms with Crippen LogP contribution in [0.25, 0.3) is 0 Å². The summed E-state index contributed by atoms with van der Waals surface area (Å²) in [6.45, 7) is 3.87. The number of non-ortho nitro benzene ring substituents is 1. The number of nitro benzene ring substituents is 1. The molecule has 0 aliphatic carbocycles. The van der Waals surface area contributed by atoms with E-state index >= 15 is 0 Å². The topological polar surface area (TPSA) is 99.3 Å². The number of aromatic nitrogens is 2. The van der Waals surface area contributed by atoms with E-state index in [1.165, 1.54) is 29.1 Å². The van der Waals surface area contributed by atoms with Crippen LogP contribution >= 0.6 is 15.9 Å². The predicted molar refractivity (Wildman–Crippen MR) is 108 cm³/mol. The molecule has 28 heavy (non-hydrogen) atoms. The molecule has 1 heterocycles. The quantitative estimate of drug-likeness (QED) is 0.451. The lowest BCUT2D eigenvalue weighted by molar-refractivity contribution is -0.384. The van der Waals surface area contributed by atoms with Gasteiger partial charge in [-0.3, -0.25) is 19.6 Å². The fourth-order valence-electron chi connectivity index (χ4n) is 2.80. The zero-order chi connectivity index (χ0) is 20.4. The Bertz CT molecular complexity index is 1040. The van der Waals surface area contributed by atoms with Gasteiger partial charge >= 0.3 is 0 Å². The number of benzene rings is 2. The summed E-state index contributed by atoms with van der Waals surface area (Å²) in [5.74, 6) is 0.355. The number of amides is 1. The van der Waals surface area contributed by atoms with Gasteiger partial charge in [0.25, 0.3) is 11.6 Å². The third-order valence-corrected chi connectivity index (χ3v) is 4.48. The van der Waals surface area contributed by atoms with Crippen molar-refractivity contribution in [2.75, 3.05) is 5.32 Å². The first-order valence-corrected chi connectivity index (χ1v) is 9.06. The SMILES string of the molecule is Cc1cc(C)cc(Oc2cc(NC(=O)c3c(Br)cnn3C)cc([N+](=O)[O-])c2)c1. The smallest absolute Gasteiger partial charge is 0.275 e. The van der Waals surface area contributed by atoms with Crippen LogP contribution in [0.4, 0.5) is 11.4 Å². The predicted octanol–water partition coefficient (Wildman–Crippen LogP) is 4.75. The number of rotatable bonds is 5. The molecule has 2 aromatic carbocycles. The first kappa shape index (κ1) is 19.6. The van der Waals surface area contributed by atoms with Gasteiger partial charge < -0.3 is 10.1 Å². The summed E-state index contributed by atoms with van der Waals surface area (Å²) in [5, 5.41) is 18.0. The highest BCUT2D eigenvalue weighted by molar-refractivity contribution is 9.10. The maximum atomic E-state index is 12.5. The molecule has 0 bridgehead atoms. The molecule has 0 aliphatic heterocycles. The number of carbonyl (C=O) groups excluding carboxylic acids is 1. The van der Waals surface area contributed by atoms with Crippen LogP contribution in [0.15, 0.2) is 47.1 Å². The van der Waals surface area contributed by atoms with Crippen LogP contribution in [-0.2, 0) is 7.05 Å². The van der Waals surface area contributed by atoms with E-state index in [-0.39, 0.29) is 17.1 Å². The second kappa shape index (κ2) is 7.81. The second-order valence-corrected chi connectivity index (χ2v) is 7.17. The van der Waals surface area contributed by atoms with Gasteiger partial charge in [0.15, 0.2) is 0 Å². The summed E-state index contributed by atoms with van der Waals surface area (Å²) < 4.78 is 7.73. The van der Waals surface area contributed by atoms with E-state index in [2.05, 4.69) is 26.3 Å². The zero-order valence-electron chi connectivity index (χ0n) is 15.4. The third-order valence-electron chi connectivity index (χ3n) is 3.90. The number of ether oxygens (including phenoxy) is 1. The Kier molecular flexibility index (Phi) is 5.46. The van der Waals surface area contributed by atoms with Crippen LogP contribution in [-0.4, -0.2) is 20.6 Å². The molecule has 1 aromatic heterocycles. The Hall–Kier alpha value is -3.20. The van der Waals surface area contributed by atoms with E-state index < -0.39 is 10.8 Å². The maximum absolute atomic E-state index is 12.5. The molecule has 0 saturated carbocycles. The van der Waals surface area contributed by atoms with E-state index in [9.17, 15) is 14.9 Å². The maximum Gasteiger partial charge on any atom is 0.275 e. The minimum Gasteiger partial charge on any atom is -0.457 e. The lowest BCUT2D eigenvalue weighted by Gasteiger charge is -2.11. The van der Waals surface area contributed by atoms with E-state index in [0.717, 1.165) is 11.1 Å². The fraction of sp³-hybridized carbons (Fsp3) is 0.158.